The van der Waals surface area contributed by atoms with E-state index in [9.17, 15) is 9.59 Å². The van der Waals surface area contributed by atoms with E-state index in [1.807, 2.05) is 18.2 Å². The Morgan fingerprint density at radius 2 is 2.11 bits per heavy atom. The number of hydrogen-bond donors (Lipinski definition) is 2. The smallest absolute Gasteiger partial charge is 0.325 e. The first-order chi connectivity index (χ1) is 8.50. The Hall–Kier alpha value is -1.55. The number of carbonyl (C=O) groups excluding carboxylic acids is 1. The van der Waals surface area contributed by atoms with E-state index in [2.05, 4.69) is 5.32 Å². The van der Waals surface area contributed by atoms with Crippen LogP contribution in [-0.4, -0.2) is 23.0 Å². The maximum absolute atomic E-state index is 11.8. The number of hydrogen-bond acceptors (Lipinski definition) is 2. The lowest BCUT2D eigenvalue weighted by Gasteiger charge is -2.09. The molecule has 0 spiro atoms. The Morgan fingerprint density at radius 1 is 1.44 bits per heavy atom. The van der Waals surface area contributed by atoms with Gasteiger partial charge >= 0.3 is 5.97 Å². The zero-order valence-electron chi connectivity index (χ0n) is 9.89. The lowest BCUT2D eigenvalue weighted by Crippen LogP contribution is -2.39. The third-order valence-electron chi connectivity index (χ3n) is 3.16. The fourth-order valence-electron chi connectivity index (χ4n) is 1.99. The average molecular weight is 268 g/mol. The van der Waals surface area contributed by atoms with Crippen LogP contribution >= 0.6 is 11.6 Å². The molecule has 0 aliphatic heterocycles. The summed E-state index contributed by atoms with van der Waals surface area (Å²) in [6, 6.07) is 6.57. The molecule has 96 valence electrons. The fraction of sp³-hybridized carbons (Fsp3) is 0.385. The molecule has 1 aromatic carbocycles. The van der Waals surface area contributed by atoms with E-state index in [-0.39, 0.29) is 17.7 Å². The normalized spacial score (nSPS) is 23.2. The van der Waals surface area contributed by atoms with Gasteiger partial charge in [-0.3, -0.25) is 9.59 Å². The fourth-order valence-corrected chi connectivity index (χ4v) is 2.26. The monoisotopic (exact) mass is 267 g/mol. The number of halogens is 1. The Bertz CT molecular complexity index is 489. The van der Waals surface area contributed by atoms with Crippen LogP contribution in [0.2, 0.25) is 5.02 Å². The van der Waals surface area contributed by atoms with Gasteiger partial charge in [-0.15, -0.1) is 0 Å². The molecule has 2 rings (SSSR count). The number of amides is 1. The molecule has 3 atom stereocenters. The number of carbonyl (C=O) groups is 2. The Balaban J connectivity index is 1.97. The molecule has 2 N–H and O–H groups in total. The Kier molecular flexibility index (Phi) is 3.57. The average Bonchev–Trinajstić information content (AvgIpc) is 3.09. The highest BCUT2D eigenvalue weighted by Gasteiger charge is 2.45. The Morgan fingerprint density at radius 3 is 2.72 bits per heavy atom. The molecule has 0 radical (unpaired) electrons. The highest BCUT2D eigenvalue weighted by molar-refractivity contribution is 6.31. The van der Waals surface area contributed by atoms with Crippen LogP contribution in [0.1, 0.15) is 24.8 Å². The van der Waals surface area contributed by atoms with Crippen molar-refractivity contribution in [3.8, 4) is 0 Å². The molecule has 0 heterocycles. The molecule has 1 amide bonds. The van der Waals surface area contributed by atoms with Gasteiger partial charge in [0.25, 0.3) is 0 Å². The zero-order chi connectivity index (χ0) is 13.3. The second kappa shape index (κ2) is 4.98. The molecule has 4 nitrogen and oxygen atoms in total. The number of aliphatic carboxylic acids is 1. The summed E-state index contributed by atoms with van der Waals surface area (Å²) in [5, 5.41) is 11.9. The number of rotatable bonds is 4. The van der Waals surface area contributed by atoms with Gasteiger partial charge in [-0.2, -0.15) is 0 Å². The van der Waals surface area contributed by atoms with Gasteiger partial charge in [0, 0.05) is 10.9 Å². The summed E-state index contributed by atoms with van der Waals surface area (Å²) in [6.45, 7) is 1.45. The zero-order valence-corrected chi connectivity index (χ0v) is 10.6. The van der Waals surface area contributed by atoms with Crippen LogP contribution in [0.25, 0.3) is 0 Å². The molecule has 1 fully saturated rings. The summed E-state index contributed by atoms with van der Waals surface area (Å²) >= 11 is 6.06. The molecule has 1 aromatic rings. The summed E-state index contributed by atoms with van der Waals surface area (Å²) < 4.78 is 0. The number of carboxylic acid groups (broad SMARTS) is 1. The first kappa shape index (κ1) is 12.9. The van der Waals surface area contributed by atoms with Gasteiger partial charge in [0.15, 0.2) is 0 Å². The molecular weight excluding hydrogens is 254 g/mol. The van der Waals surface area contributed by atoms with Gasteiger partial charge in [0.1, 0.15) is 6.04 Å². The van der Waals surface area contributed by atoms with E-state index in [0.29, 0.717) is 5.02 Å². The highest BCUT2D eigenvalue weighted by atomic mass is 35.5. The maximum Gasteiger partial charge on any atom is 0.325 e. The van der Waals surface area contributed by atoms with E-state index < -0.39 is 12.0 Å². The first-order valence-corrected chi connectivity index (χ1v) is 6.16. The van der Waals surface area contributed by atoms with Crippen molar-refractivity contribution in [2.45, 2.75) is 25.3 Å². The van der Waals surface area contributed by atoms with Crippen LogP contribution in [0.4, 0.5) is 0 Å². The topological polar surface area (TPSA) is 66.4 Å². The summed E-state index contributed by atoms with van der Waals surface area (Å²) in [7, 11) is 0. The van der Waals surface area contributed by atoms with Gasteiger partial charge in [0.2, 0.25) is 5.91 Å². The summed E-state index contributed by atoms with van der Waals surface area (Å²) in [5.74, 6) is -1.29. The standard InChI is InChI=1S/C13H14ClNO3/c1-7(13(17)18)15-12(16)10-6-9(10)8-4-2-3-5-11(8)14/h2-5,7,9-10H,6H2,1H3,(H,15,16)(H,17,18)/t7-,9+,10-/m0/s1. The SMILES string of the molecule is C[C@H](NC(=O)[C@H]1C[C@@H]1c1ccccc1Cl)C(=O)O. The lowest BCUT2D eigenvalue weighted by molar-refractivity contribution is -0.141. The van der Waals surface area contributed by atoms with E-state index in [1.54, 1.807) is 6.07 Å². The highest BCUT2D eigenvalue weighted by Crippen LogP contribution is 2.49. The maximum atomic E-state index is 11.8. The third-order valence-corrected chi connectivity index (χ3v) is 3.51. The second-order valence-electron chi connectivity index (χ2n) is 4.54. The minimum Gasteiger partial charge on any atom is -0.480 e. The van der Waals surface area contributed by atoms with Crippen LogP contribution in [0.3, 0.4) is 0 Å². The van der Waals surface area contributed by atoms with E-state index in [1.165, 1.54) is 6.92 Å². The molecular formula is C13H14ClNO3. The molecule has 5 heteroatoms. The quantitative estimate of drug-likeness (QED) is 0.877. The van der Waals surface area contributed by atoms with E-state index in [0.717, 1.165) is 12.0 Å². The molecule has 0 unspecified atom stereocenters. The summed E-state index contributed by atoms with van der Waals surface area (Å²) in [4.78, 5) is 22.4. The van der Waals surface area contributed by atoms with Gasteiger partial charge in [-0.1, -0.05) is 29.8 Å². The van der Waals surface area contributed by atoms with Gasteiger partial charge in [-0.25, -0.2) is 0 Å². The largest absolute Gasteiger partial charge is 0.480 e. The second-order valence-corrected chi connectivity index (χ2v) is 4.95. The number of nitrogens with one attached hydrogen (secondary N) is 1. The number of carboxylic acids is 1. The molecule has 1 aliphatic carbocycles. The van der Waals surface area contributed by atoms with Crippen molar-refractivity contribution in [3.63, 3.8) is 0 Å². The van der Waals surface area contributed by atoms with Crippen molar-refractivity contribution in [2.75, 3.05) is 0 Å². The molecule has 1 saturated carbocycles. The third kappa shape index (κ3) is 2.64. The van der Waals surface area contributed by atoms with Crippen LogP contribution in [0, 0.1) is 5.92 Å². The van der Waals surface area contributed by atoms with Crippen molar-refractivity contribution in [1.29, 1.82) is 0 Å². The van der Waals surface area contributed by atoms with Crippen LogP contribution < -0.4 is 5.32 Å². The lowest BCUT2D eigenvalue weighted by atomic mass is 10.1. The minimum absolute atomic E-state index is 0.111. The van der Waals surface area contributed by atoms with Crippen LogP contribution in [-0.2, 0) is 9.59 Å². The van der Waals surface area contributed by atoms with E-state index in [4.69, 9.17) is 16.7 Å². The van der Waals surface area contributed by atoms with Crippen molar-refractivity contribution < 1.29 is 14.7 Å². The molecule has 1 aliphatic rings. The Labute approximate surface area is 110 Å². The molecule has 0 bridgehead atoms. The van der Waals surface area contributed by atoms with Crippen molar-refractivity contribution in [1.82, 2.24) is 5.32 Å². The summed E-state index contributed by atoms with van der Waals surface area (Å²) in [5.41, 5.74) is 0.960. The van der Waals surface area contributed by atoms with Crippen molar-refractivity contribution in [3.05, 3.63) is 34.9 Å². The van der Waals surface area contributed by atoms with Gasteiger partial charge in [-0.05, 0) is 30.9 Å². The van der Waals surface area contributed by atoms with Gasteiger partial charge in [0.05, 0.1) is 0 Å². The van der Waals surface area contributed by atoms with Crippen LogP contribution in [0.15, 0.2) is 24.3 Å². The summed E-state index contributed by atoms with van der Waals surface area (Å²) in [6.07, 6.45) is 0.724. The van der Waals surface area contributed by atoms with Crippen molar-refractivity contribution in [2.24, 2.45) is 5.92 Å². The number of benzene rings is 1. The predicted octanol–water partition coefficient (Wildman–Crippen LogP) is 2.03. The molecule has 0 saturated heterocycles. The molecule has 0 aromatic heterocycles. The first-order valence-electron chi connectivity index (χ1n) is 5.78. The van der Waals surface area contributed by atoms with E-state index >= 15 is 0 Å². The molecule has 18 heavy (non-hydrogen) atoms. The predicted molar refractivity (Wildman–Crippen MR) is 67.5 cm³/mol. The van der Waals surface area contributed by atoms with Crippen molar-refractivity contribution >= 4 is 23.5 Å². The minimum atomic E-state index is -1.03. The van der Waals surface area contributed by atoms with Crippen LogP contribution in [0.5, 0.6) is 0 Å². The van der Waals surface area contributed by atoms with Gasteiger partial charge < -0.3 is 10.4 Å².